The molecule has 2 amide bonds. The highest BCUT2D eigenvalue weighted by Gasteiger charge is 2.13. The Labute approximate surface area is 121 Å². The van der Waals surface area contributed by atoms with Crippen molar-refractivity contribution >= 4 is 35.0 Å². The number of carbonyl (C=O) groups is 2. The van der Waals surface area contributed by atoms with Gasteiger partial charge in [-0.05, 0) is 6.07 Å². The quantitative estimate of drug-likeness (QED) is 0.695. The average Bonchev–Trinajstić information content (AvgIpc) is 2.32. The standard InChI is InChI=1S/C12H15Cl2N3O2/c1-8(18)15-16-11(19)7-17(2)6-9-4-3-5-10(13)12(9)14/h3-5H,6-7H2,1-2H3,(H,15,18)(H,16,19)/p+1. The Bertz CT molecular complexity index is 480. The maximum Gasteiger partial charge on any atom is 0.293 e. The molecule has 0 spiro atoms. The molecule has 1 rings (SSSR count). The fraction of sp³-hybridized carbons (Fsp3) is 0.333. The van der Waals surface area contributed by atoms with E-state index in [0.717, 1.165) is 10.5 Å². The fourth-order valence-corrected chi connectivity index (χ4v) is 1.94. The molecule has 1 atom stereocenters. The molecule has 0 radical (unpaired) electrons. The van der Waals surface area contributed by atoms with Gasteiger partial charge in [0.2, 0.25) is 5.91 Å². The van der Waals surface area contributed by atoms with Gasteiger partial charge in [0.25, 0.3) is 5.91 Å². The predicted octanol–water partition coefficient (Wildman–Crippen LogP) is 0.175. The van der Waals surface area contributed by atoms with Crippen molar-refractivity contribution in [2.45, 2.75) is 13.5 Å². The van der Waals surface area contributed by atoms with Crippen LogP contribution in [0.4, 0.5) is 0 Å². The molecule has 0 aliphatic carbocycles. The third-order valence-electron chi connectivity index (χ3n) is 2.36. The molecule has 0 saturated carbocycles. The monoisotopic (exact) mass is 304 g/mol. The lowest BCUT2D eigenvalue weighted by Crippen LogP contribution is -3.09. The summed E-state index contributed by atoms with van der Waals surface area (Å²) in [4.78, 5) is 23.1. The molecular weight excluding hydrogens is 289 g/mol. The Kier molecular flexibility index (Phi) is 6.08. The summed E-state index contributed by atoms with van der Waals surface area (Å²) in [6.07, 6.45) is 0. The zero-order valence-corrected chi connectivity index (χ0v) is 12.2. The van der Waals surface area contributed by atoms with Gasteiger partial charge in [-0.15, -0.1) is 0 Å². The van der Waals surface area contributed by atoms with Crippen LogP contribution in [-0.4, -0.2) is 25.4 Å². The van der Waals surface area contributed by atoms with E-state index >= 15 is 0 Å². The molecule has 0 heterocycles. The van der Waals surface area contributed by atoms with Crippen molar-refractivity contribution in [1.29, 1.82) is 0 Å². The molecule has 0 saturated heterocycles. The smallest absolute Gasteiger partial charge is 0.293 e. The number of benzene rings is 1. The van der Waals surface area contributed by atoms with E-state index in [-0.39, 0.29) is 18.4 Å². The molecule has 0 aromatic heterocycles. The topological polar surface area (TPSA) is 62.6 Å². The van der Waals surface area contributed by atoms with Gasteiger partial charge in [-0.2, -0.15) is 0 Å². The zero-order valence-electron chi connectivity index (χ0n) is 10.7. The van der Waals surface area contributed by atoms with Crippen molar-refractivity contribution in [1.82, 2.24) is 10.9 Å². The highest BCUT2D eigenvalue weighted by atomic mass is 35.5. The number of hydrazine groups is 1. The third-order valence-corrected chi connectivity index (χ3v) is 3.22. The van der Waals surface area contributed by atoms with E-state index in [9.17, 15) is 9.59 Å². The van der Waals surface area contributed by atoms with Crippen LogP contribution in [-0.2, 0) is 16.1 Å². The zero-order chi connectivity index (χ0) is 14.4. The van der Waals surface area contributed by atoms with Crippen LogP contribution in [0.3, 0.4) is 0 Å². The number of hydrogen-bond acceptors (Lipinski definition) is 2. The number of carbonyl (C=O) groups excluding carboxylic acids is 2. The molecule has 19 heavy (non-hydrogen) atoms. The van der Waals surface area contributed by atoms with Gasteiger partial charge in [-0.1, -0.05) is 35.3 Å². The molecule has 0 aliphatic heterocycles. The van der Waals surface area contributed by atoms with E-state index in [1.807, 2.05) is 19.2 Å². The average molecular weight is 305 g/mol. The first-order valence-electron chi connectivity index (χ1n) is 5.69. The largest absolute Gasteiger partial charge is 0.326 e. The molecule has 0 aliphatic rings. The summed E-state index contributed by atoms with van der Waals surface area (Å²) >= 11 is 12.0. The Balaban J connectivity index is 2.51. The molecule has 3 N–H and O–H groups in total. The van der Waals surface area contributed by atoms with E-state index < -0.39 is 0 Å². The van der Waals surface area contributed by atoms with Crippen LogP contribution in [0.2, 0.25) is 10.0 Å². The van der Waals surface area contributed by atoms with E-state index in [0.29, 0.717) is 16.6 Å². The van der Waals surface area contributed by atoms with Gasteiger partial charge in [0.05, 0.1) is 17.1 Å². The second kappa shape index (κ2) is 7.33. The van der Waals surface area contributed by atoms with Gasteiger partial charge < -0.3 is 4.90 Å². The molecule has 0 fully saturated rings. The van der Waals surface area contributed by atoms with Crippen LogP contribution in [0.25, 0.3) is 0 Å². The second-order valence-electron chi connectivity index (χ2n) is 4.25. The number of rotatable bonds is 4. The minimum Gasteiger partial charge on any atom is -0.326 e. The minimum absolute atomic E-state index is 0.211. The summed E-state index contributed by atoms with van der Waals surface area (Å²) in [6.45, 7) is 2.10. The van der Waals surface area contributed by atoms with Crippen molar-refractivity contribution < 1.29 is 14.5 Å². The van der Waals surface area contributed by atoms with Crippen LogP contribution in [0.15, 0.2) is 18.2 Å². The lowest BCUT2D eigenvalue weighted by atomic mass is 10.2. The van der Waals surface area contributed by atoms with Crippen molar-refractivity contribution in [2.24, 2.45) is 0 Å². The third kappa shape index (κ3) is 5.46. The number of halogens is 2. The molecule has 7 heteroatoms. The first kappa shape index (κ1) is 15.8. The van der Waals surface area contributed by atoms with E-state index in [4.69, 9.17) is 23.2 Å². The molecule has 0 bridgehead atoms. The number of likely N-dealkylation sites (N-methyl/N-ethyl adjacent to an activating group) is 1. The summed E-state index contributed by atoms with van der Waals surface area (Å²) < 4.78 is 0. The van der Waals surface area contributed by atoms with Crippen molar-refractivity contribution in [3.63, 3.8) is 0 Å². The number of nitrogens with one attached hydrogen (secondary N) is 3. The normalized spacial score (nSPS) is 11.8. The second-order valence-corrected chi connectivity index (χ2v) is 5.04. The van der Waals surface area contributed by atoms with Gasteiger partial charge in [-0.25, -0.2) is 0 Å². The summed E-state index contributed by atoms with van der Waals surface area (Å²) in [5, 5.41) is 1.00. The van der Waals surface area contributed by atoms with Crippen LogP contribution in [0.1, 0.15) is 12.5 Å². The summed E-state index contributed by atoms with van der Waals surface area (Å²) in [6, 6.07) is 5.39. The highest BCUT2D eigenvalue weighted by molar-refractivity contribution is 6.42. The maximum absolute atomic E-state index is 11.5. The van der Waals surface area contributed by atoms with E-state index in [1.165, 1.54) is 6.92 Å². The van der Waals surface area contributed by atoms with Crippen molar-refractivity contribution in [3.8, 4) is 0 Å². The van der Waals surface area contributed by atoms with Crippen molar-refractivity contribution in [2.75, 3.05) is 13.6 Å². The van der Waals surface area contributed by atoms with Crippen LogP contribution >= 0.6 is 23.2 Å². The summed E-state index contributed by atoms with van der Waals surface area (Å²) in [5.74, 6) is -0.588. The summed E-state index contributed by atoms with van der Waals surface area (Å²) in [7, 11) is 1.85. The predicted molar refractivity (Wildman–Crippen MR) is 73.9 cm³/mol. The number of hydrogen-bond donors (Lipinski definition) is 3. The Morgan fingerprint density at radius 2 is 1.95 bits per heavy atom. The lowest BCUT2D eigenvalue weighted by Gasteiger charge is -2.15. The first-order valence-corrected chi connectivity index (χ1v) is 6.45. The van der Waals surface area contributed by atoms with Gasteiger partial charge in [-0.3, -0.25) is 20.4 Å². The van der Waals surface area contributed by atoms with E-state index in [2.05, 4.69) is 10.9 Å². The number of amides is 2. The Morgan fingerprint density at radius 3 is 2.58 bits per heavy atom. The Hall–Kier alpha value is -1.30. The number of quaternary nitrogens is 1. The maximum atomic E-state index is 11.5. The van der Waals surface area contributed by atoms with Crippen molar-refractivity contribution in [3.05, 3.63) is 33.8 Å². The van der Waals surface area contributed by atoms with Gasteiger partial charge in [0.1, 0.15) is 6.54 Å². The van der Waals surface area contributed by atoms with Crippen LogP contribution in [0.5, 0.6) is 0 Å². The first-order chi connectivity index (χ1) is 8.90. The minimum atomic E-state index is -0.316. The fourth-order valence-electron chi connectivity index (χ4n) is 1.55. The van der Waals surface area contributed by atoms with Gasteiger partial charge in [0.15, 0.2) is 6.54 Å². The molecule has 104 valence electrons. The van der Waals surface area contributed by atoms with Gasteiger partial charge >= 0.3 is 0 Å². The van der Waals surface area contributed by atoms with E-state index in [1.54, 1.807) is 6.07 Å². The summed E-state index contributed by atoms with van der Waals surface area (Å²) in [5.41, 5.74) is 5.42. The SMILES string of the molecule is CC(=O)NNC(=O)C[NH+](C)Cc1cccc(Cl)c1Cl. The van der Waals surface area contributed by atoms with Crippen LogP contribution < -0.4 is 15.8 Å². The molecular formula is C12H16Cl2N3O2+. The molecule has 1 aromatic carbocycles. The van der Waals surface area contributed by atoms with Crippen LogP contribution in [0, 0.1) is 0 Å². The Morgan fingerprint density at radius 1 is 1.26 bits per heavy atom. The molecule has 5 nitrogen and oxygen atoms in total. The lowest BCUT2D eigenvalue weighted by molar-refractivity contribution is -0.885. The van der Waals surface area contributed by atoms with Gasteiger partial charge in [0, 0.05) is 12.5 Å². The highest BCUT2D eigenvalue weighted by Crippen LogP contribution is 2.24. The molecule has 1 unspecified atom stereocenters. The molecule has 1 aromatic rings.